The number of ether oxygens (including phenoxy) is 2. The second-order valence-electron chi connectivity index (χ2n) is 6.71. The van der Waals surface area contributed by atoms with Gasteiger partial charge in [-0.2, -0.15) is 5.10 Å². The second kappa shape index (κ2) is 10.8. The Morgan fingerprint density at radius 3 is 2.45 bits per heavy atom. The first-order valence-corrected chi connectivity index (χ1v) is 11.5. The third-order valence-electron chi connectivity index (χ3n) is 4.54. The summed E-state index contributed by atoms with van der Waals surface area (Å²) in [6.07, 6.45) is 1.38. The zero-order valence-electron chi connectivity index (χ0n) is 17.9. The maximum atomic E-state index is 13.3. The lowest BCUT2D eigenvalue weighted by Crippen LogP contribution is -2.39. The summed E-state index contributed by atoms with van der Waals surface area (Å²) in [5, 5.41) is 4.27. The molecule has 172 valence electrons. The molecule has 0 saturated heterocycles. The summed E-state index contributed by atoms with van der Waals surface area (Å²) in [7, 11) is -0.999. The molecule has 0 aliphatic rings. The van der Waals surface area contributed by atoms with E-state index >= 15 is 0 Å². The fourth-order valence-electron chi connectivity index (χ4n) is 2.95. The number of sulfonamides is 1. The van der Waals surface area contributed by atoms with Crippen LogP contribution in [0.3, 0.4) is 0 Å². The molecule has 0 spiro atoms. The minimum Gasteiger partial charge on any atom is -0.497 e. The van der Waals surface area contributed by atoms with Crippen LogP contribution >= 0.6 is 11.6 Å². The summed E-state index contributed by atoms with van der Waals surface area (Å²) in [6, 6.07) is 19.2. The van der Waals surface area contributed by atoms with Crippen molar-refractivity contribution in [2.24, 2.45) is 5.10 Å². The first-order valence-electron chi connectivity index (χ1n) is 9.72. The van der Waals surface area contributed by atoms with Crippen LogP contribution in [0.2, 0.25) is 5.02 Å². The number of hydrogen-bond donors (Lipinski definition) is 1. The van der Waals surface area contributed by atoms with Gasteiger partial charge in [-0.05, 0) is 48.5 Å². The van der Waals surface area contributed by atoms with Crippen molar-refractivity contribution in [2.75, 3.05) is 25.1 Å². The Labute approximate surface area is 197 Å². The molecular formula is C23H22ClN3O5S. The average Bonchev–Trinajstić information content (AvgIpc) is 2.83. The maximum Gasteiger partial charge on any atom is 0.264 e. The van der Waals surface area contributed by atoms with Gasteiger partial charge in [0.05, 0.1) is 31.0 Å². The number of benzene rings is 3. The van der Waals surface area contributed by atoms with E-state index < -0.39 is 22.5 Å². The van der Waals surface area contributed by atoms with Gasteiger partial charge >= 0.3 is 0 Å². The van der Waals surface area contributed by atoms with Crippen LogP contribution < -0.4 is 19.2 Å². The van der Waals surface area contributed by atoms with Gasteiger partial charge in [-0.1, -0.05) is 35.9 Å². The zero-order valence-corrected chi connectivity index (χ0v) is 19.5. The van der Waals surface area contributed by atoms with Crippen molar-refractivity contribution >= 4 is 39.4 Å². The van der Waals surface area contributed by atoms with Crippen LogP contribution in [0.4, 0.5) is 5.69 Å². The standard InChI is InChI=1S/C23H22ClN3O5S/c1-31-20-11-12-22(32-2)17(13-20)15-25-26-23(28)16-27(19-8-6-7-18(24)14-19)33(29,30)21-9-4-3-5-10-21/h3-15H,16H2,1-2H3,(H,26,28)/b25-15-. The van der Waals surface area contributed by atoms with E-state index in [2.05, 4.69) is 10.5 Å². The number of halogens is 1. The van der Waals surface area contributed by atoms with Gasteiger partial charge in [0.25, 0.3) is 15.9 Å². The van der Waals surface area contributed by atoms with Crippen LogP contribution in [0.1, 0.15) is 5.56 Å². The Kier molecular flexibility index (Phi) is 7.92. The normalized spacial score (nSPS) is 11.2. The highest BCUT2D eigenvalue weighted by molar-refractivity contribution is 7.92. The van der Waals surface area contributed by atoms with Crippen LogP contribution in [0.25, 0.3) is 0 Å². The maximum absolute atomic E-state index is 13.3. The molecule has 0 unspecified atom stereocenters. The summed E-state index contributed by atoms with van der Waals surface area (Å²) < 4.78 is 38.0. The lowest BCUT2D eigenvalue weighted by Gasteiger charge is -2.23. The number of methoxy groups -OCH3 is 2. The minimum absolute atomic E-state index is 0.0439. The lowest BCUT2D eigenvalue weighted by molar-refractivity contribution is -0.119. The first kappa shape index (κ1) is 24.1. The summed E-state index contributed by atoms with van der Waals surface area (Å²) in [4.78, 5) is 12.7. The molecule has 0 aliphatic carbocycles. The smallest absolute Gasteiger partial charge is 0.264 e. The van der Waals surface area contributed by atoms with E-state index in [9.17, 15) is 13.2 Å². The topological polar surface area (TPSA) is 97.3 Å². The van der Waals surface area contributed by atoms with Gasteiger partial charge in [0.2, 0.25) is 0 Å². The van der Waals surface area contributed by atoms with Crippen molar-refractivity contribution in [3.8, 4) is 11.5 Å². The van der Waals surface area contributed by atoms with Gasteiger partial charge < -0.3 is 9.47 Å². The third-order valence-corrected chi connectivity index (χ3v) is 6.57. The van der Waals surface area contributed by atoms with Crippen LogP contribution in [-0.2, 0) is 14.8 Å². The SMILES string of the molecule is COc1ccc(OC)c(/C=N\NC(=O)CN(c2cccc(Cl)c2)S(=O)(=O)c2ccccc2)c1. The van der Waals surface area contributed by atoms with E-state index in [0.717, 1.165) is 4.31 Å². The molecular weight excluding hydrogens is 466 g/mol. The number of carbonyl (C=O) groups is 1. The van der Waals surface area contributed by atoms with Gasteiger partial charge in [-0.25, -0.2) is 13.8 Å². The van der Waals surface area contributed by atoms with E-state index in [4.69, 9.17) is 21.1 Å². The number of nitrogens with one attached hydrogen (secondary N) is 1. The van der Waals surface area contributed by atoms with Crippen molar-refractivity contribution in [3.63, 3.8) is 0 Å². The Morgan fingerprint density at radius 1 is 1.03 bits per heavy atom. The minimum atomic E-state index is -4.04. The molecule has 0 atom stereocenters. The molecule has 1 amide bonds. The van der Waals surface area contributed by atoms with E-state index in [0.29, 0.717) is 22.1 Å². The van der Waals surface area contributed by atoms with E-state index in [1.54, 1.807) is 54.6 Å². The van der Waals surface area contributed by atoms with E-state index in [-0.39, 0.29) is 10.6 Å². The molecule has 0 saturated carbocycles. The van der Waals surface area contributed by atoms with Gasteiger partial charge in [-0.3, -0.25) is 9.10 Å². The molecule has 3 aromatic rings. The number of rotatable bonds is 9. The fourth-order valence-corrected chi connectivity index (χ4v) is 4.56. The van der Waals surface area contributed by atoms with Crippen LogP contribution in [0, 0.1) is 0 Å². The predicted octanol–water partition coefficient (Wildman–Crippen LogP) is 3.70. The quantitative estimate of drug-likeness (QED) is 0.366. The van der Waals surface area contributed by atoms with Gasteiger partial charge in [0.15, 0.2) is 0 Å². The highest BCUT2D eigenvalue weighted by atomic mass is 35.5. The van der Waals surface area contributed by atoms with Crippen LogP contribution in [0.15, 0.2) is 82.8 Å². The molecule has 0 fully saturated rings. The largest absolute Gasteiger partial charge is 0.497 e. The van der Waals surface area contributed by atoms with Crippen LogP contribution in [0.5, 0.6) is 11.5 Å². The van der Waals surface area contributed by atoms with E-state index in [1.807, 2.05) is 0 Å². The molecule has 0 radical (unpaired) electrons. The summed E-state index contributed by atoms with van der Waals surface area (Å²) >= 11 is 6.06. The Hall–Kier alpha value is -3.56. The molecule has 0 aromatic heterocycles. The summed E-state index contributed by atoms with van der Waals surface area (Å²) in [6.45, 7) is -0.510. The molecule has 3 rings (SSSR count). The van der Waals surface area contributed by atoms with Gasteiger partial charge in [0.1, 0.15) is 18.0 Å². The lowest BCUT2D eigenvalue weighted by atomic mass is 10.2. The molecule has 0 bridgehead atoms. The number of carbonyl (C=O) groups excluding carboxylic acids is 1. The number of hydrazone groups is 1. The Morgan fingerprint density at radius 2 is 1.79 bits per heavy atom. The zero-order chi connectivity index (χ0) is 23.8. The highest BCUT2D eigenvalue weighted by Gasteiger charge is 2.27. The monoisotopic (exact) mass is 487 g/mol. The number of amides is 1. The van der Waals surface area contributed by atoms with Gasteiger partial charge in [0, 0.05) is 10.6 Å². The van der Waals surface area contributed by atoms with Crippen molar-refractivity contribution in [3.05, 3.63) is 83.4 Å². The summed E-state index contributed by atoms with van der Waals surface area (Å²) in [5.41, 5.74) is 3.17. The number of anilines is 1. The summed E-state index contributed by atoms with van der Waals surface area (Å²) in [5.74, 6) is 0.471. The van der Waals surface area contributed by atoms with Crippen LogP contribution in [-0.4, -0.2) is 41.3 Å². The Bertz CT molecular complexity index is 1250. The predicted molar refractivity (Wildman–Crippen MR) is 128 cm³/mol. The van der Waals surface area contributed by atoms with E-state index in [1.165, 1.54) is 38.6 Å². The molecule has 1 N–H and O–H groups in total. The van der Waals surface area contributed by atoms with Crippen molar-refractivity contribution in [1.29, 1.82) is 0 Å². The first-order chi connectivity index (χ1) is 15.8. The molecule has 0 aliphatic heterocycles. The molecule has 3 aromatic carbocycles. The fraction of sp³-hybridized carbons (Fsp3) is 0.130. The van der Waals surface area contributed by atoms with Gasteiger partial charge in [-0.15, -0.1) is 0 Å². The average molecular weight is 488 g/mol. The number of nitrogens with zero attached hydrogens (tertiary/aromatic N) is 2. The molecule has 33 heavy (non-hydrogen) atoms. The molecule has 8 nitrogen and oxygen atoms in total. The van der Waals surface area contributed by atoms with Crippen molar-refractivity contribution in [2.45, 2.75) is 4.90 Å². The number of hydrogen-bond acceptors (Lipinski definition) is 6. The van der Waals surface area contributed by atoms with Crippen molar-refractivity contribution < 1.29 is 22.7 Å². The molecule has 0 heterocycles. The highest BCUT2D eigenvalue weighted by Crippen LogP contribution is 2.26. The van der Waals surface area contributed by atoms with Crippen molar-refractivity contribution in [1.82, 2.24) is 5.43 Å². The Balaban J connectivity index is 1.84. The second-order valence-corrected chi connectivity index (χ2v) is 9.00. The third kappa shape index (κ3) is 6.03. The molecule has 10 heteroatoms.